The van der Waals surface area contributed by atoms with Gasteiger partial charge in [-0.05, 0) is 67.8 Å². The molecule has 4 saturated heterocycles. The van der Waals surface area contributed by atoms with Crippen LogP contribution in [-0.4, -0.2) is 120 Å². The van der Waals surface area contributed by atoms with Crippen molar-refractivity contribution in [2.24, 2.45) is 10.8 Å². The number of aldehydes is 1. The molecule has 0 atom stereocenters. The summed E-state index contributed by atoms with van der Waals surface area (Å²) in [6.07, 6.45) is 13.2. The Kier molecular flexibility index (Phi) is 12.5. The second-order valence-electron chi connectivity index (χ2n) is 15.4. The second kappa shape index (κ2) is 18.5. The fourth-order valence-corrected chi connectivity index (χ4v) is 7.76. The fraction of sp³-hybridized carbons (Fsp3) is 0.419. The number of aromatic nitrogens is 10. The fourth-order valence-electron chi connectivity index (χ4n) is 7.76. The summed E-state index contributed by atoms with van der Waals surface area (Å²) in [5.41, 5.74) is 4.79. The third kappa shape index (κ3) is 8.78. The lowest BCUT2D eigenvalue weighted by atomic mass is 9.78. The van der Waals surface area contributed by atoms with Crippen LogP contribution in [0.5, 0.6) is 0 Å². The van der Waals surface area contributed by atoms with E-state index < -0.39 is 0 Å². The van der Waals surface area contributed by atoms with Crippen LogP contribution in [0, 0.1) is 10.8 Å². The Morgan fingerprint density at radius 2 is 1.11 bits per heavy atom. The highest BCUT2D eigenvalue weighted by atomic mass is 16.5. The van der Waals surface area contributed by atoms with E-state index in [9.17, 15) is 19.5 Å². The molecule has 8 heterocycles. The Balaban J connectivity index is 0.000000173. The summed E-state index contributed by atoms with van der Waals surface area (Å²) >= 11 is 0. The lowest BCUT2D eigenvalue weighted by Gasteiger charge is -2.55. The van der Waals surface area contributed by atoms with Gasteiger partial charge in [-0.3, -0.25) is 18.7 Å². The zero-order valence-electron chi connectivity index (χ0n) is 34.4. The van der Waals surface area contributed by atoms with E-state index in [0.29, 0.717) is 44.2 Å². The number of benzene rings is 2. The van der Waals surface area contributed by atoms with Gasteiger partial charge in [0.25, 0.3) is 11.1 Å². The molecule has 0 unspecified atom stereocenters. The van der Waals surface area contributed by atoms with E-state index in [4.69, 9.17) is 10.8 Å². The van der Waals surface area contributed by atoms with Gasteiger partial charge in [0.05, 0.1) is 84.8 Å². The van der Waals surface area contributed by atoms with Gasteiger partial charge in [0.2, 0.25) is 0 Å². The van der Waals surface area contributed by atoms with E-state index in [1.165, 1.54) is 0 Å². The number of nitrogens with zero attached hydrogens (tertiary/aromatic N) is 12. The molecule has 1 N–H and O–H groups in total. The number of aliphatic hydroxyl groups excluding tert-OH is 1. The van der Waals surface area contributed by atoms with Gasteiger partial charge in [0.1, 0.15) is 6.29 Å². The Morgan fingerprint density at radius 3 is 1.46 bits per heavy atom. The SMILES string of the molecule is C.O=CCCc1cn(-c2ccc(-n3ccnn3)cc2)c(=O)c(N2CC3(COC3)C2)n1.O=c1c(N2CC3(COC3)C2)nc(CCCO)cn1-c1ccc(-n2ccnn2)cc1.[2H]CC. The third-order valence-electron chi connectivity index (χ3n) is 11.0. The number of aliphatic hydroxyl groups is 1. The Bertz CT molecular complexity index is 2500. The minimum atomic E-state index is -0.163. The first-order valence-corrected chi connectivity index (χ1v) is 19.9. The molecular formula is C43H52N12O6. The van der Waals surface area contributed by atoms with Gasteiger partial charge in [-0.2, -0.15) is 0 Å². The number of rotatable bonds is 12. The average Bonchev–Trinajstić information content (AvgIpc) is 3.96. The largest absolute Gasteiger partial charge is 0.396 e. The van der Waals surface area contributed by atoms with Crippen molar-refractivity contribution in [3.63, 3.8) is 0 Å². The van der Waals surface area contributed by atoms with Crippen molar-refractivity contribution in [1.29, 1.82) is 0 Å². The van der Waals surface area contributed by atoms with E-state index in [1.54, 1.807) is 62.6 Å². The highest BCUT2D eigenvalue weighted by Gasteiger charge is 2.51. The summed E-state index contributed by atoms with van der Waals surface area (Å²) in [5.74, 6) is 0.907. The number of aryl methyl sites for hydroxylation is 2. The molecule has 4 fully saturated rings. The second-order valence-corrected chi connectivity index (χ2v) is 15.4. The molecule has 18 heteroatoms. The maximum atomic E-state index is 13.2. The highest BCUT2D eigenvalue weighted by molar-refractivity contribution is 5.51. The molecule has 2 aromatic carbocycles. The maximum absolute atomic E-state index is 13.2. The van der Waals surface area contributed by atoms with Gasteiger partial charge in [-0.1, -0.05) is 31.7 Å². The number of hydrogen-bond donors (Lipinski definition) is 1. The molecule has 0 bridgehead atoms. The number of carbonyl (C=O) groups excluding carboxylic acids is 1. The van der Waals surface area contributed by atoms with Crippen molar-refractivity contribution in [2.45, 2.75) is 46.9 Å². The molecule has 2 spiro atoms. The number of hydrogen-bond acceptors (Lipinski definition) is 14. The summed E-state index contributed by atoms with van der Waals surface area (Å²) < 4.78 is 23.4. The van der Waals surface area contributed by atoms with Crippen LogP contribution in [0.2, 0.25) is 0 Å². The molecule has 0 aliphatic carbocycles. The molecule has 0 amide bonds. The van der Waals surface area contributed by atoms with Crippen LogP contribution < -0.4 is 20.9 Å². The van der Waals surface area contributed by atoms with Crippen molar-refractivity contribution in [3.8, 4) is 22.7 Å². The number of anilines is 2. The molecule has 4 aliphatic rings. The predicted octanol–water partition coefficient (Wildman–Crippen LogP) is 3.02. The lowest BCUT2D eigenvalue weighted by Crippen LogP contribution is -2.67. The van der Waals surface area contributed by atoms with E-state index in [1.807, 2.05) is 58.3 Å². The van der Waals surface area contributed by atoms with E-state index >= 15 is 0 Å². The van der Waals surface area contributed by atoms with Crippen molar-refractivity contribution in [3.05, 3.63) is 118 Å². The van der Waals surface area contributed by atoms with E-state index in [0.717, 1.165) is 93.0 Å². The van der Waals surface area contributed by atoms with E-state index in [-0.39, 0.29) is 36.0 Å². The normalized spacial score (nSPS) is 16.6. The summed E-state index contributed by atoms with van der Waals surface area (Å²) in [4.78, 5) is 50.5. The van der Waals surface area contributed by atoms with E-state index in [2.05, 4.69) is 30.6 Å². The van der Waals surface area contributed by atoms with Gasteiger partial charge >= 0.3 is 0 Å². The van der Waals surface area contributed by atoms with Crippen LogP contribution in [0.3, 0.4) is 0 Å². The summed E-state index contributed by atoms with van der Waals surface area (Å²) in [5, 5.41) is 24.8. The molecule has 4 aromatic heterocycles. The molecule has 18 nitrogen and oxygen atoms in total. The van der Waals surface area contributed by atoms with Crippen molar-refractivity contribution in [2.75, 3.05) is 69.0 Å². The smallest absolute Gasteiger partial charge is 0.298 e. The van der Waals surface area contributed by atoms with Gasteiger partial charge in [-0.15, -0.1) is 10.2 Å². The van der Waals surface area contributed by atoms with Gasteiger partial charge < -0.3 is 29.2 Å². The molecule has 0 radical (unpaired) electrons. The first kappa shape index (κ1) is 41.4. The average molecular weight is 834 g/mol. The number of ether oxygens (including phenoxy) is 2. The molecular weight excluding hydrogens is 781 g/mol. The first-order valence-electron chi connectivity index (χ1n) is 20.7. The minimum Gasteiger partial charge on any atom is -0.396 e. The number of carbonyl (C=O) groups is 1. The minimum absolute atomic E-state index is 0. The van der Waals surface area contributed by atoms with Crippen LogP contribution >= 0.6 is 0 Å². The lowest BCUT2D eigenvalue weighted by molar-refractivity contribution is -0.127. The Labute approximate surface area is 354 Å². The maximum Gasteiger partial charge on any atom is 0.298 e. The van der Waals surface area contributed by atoms with Crippen molar-refractivity contribution < 1.29 is 20.7 Å². The Hall–Kier alpha value is -6.37. The van der Waals surface area contributed by atoms with Crippen LogP contribution in [0.25, 0.3) is 22.7 Å². The summed E-state index contributed by atoms with van der Waals surface area (Å²) in [6, 6.07) is 15.1. The van der Waals surface area contributed by atoms with Gasteiger partial charge in [0.15, 0.2) is 11.6 Å². The van der Waals surface area contributed by atoms with Crippen LogP contribution in [0.1, 0.15) is 46.9 Å². The summed E-state index contributed by atoms with van der Waals surface area (Å²) in [6.45, 7) is 8.52. The quantitative estimate of drug-likeness (QED) is 0.177. The van der Waals surface area contributed by atoms with Crippen molar-refractivity contribution >= 4 is 17.9 Å². The molecule has 4 aliphatic heterocycles. The van der Waals surface area contributed by atoms with Crippen LogP contribution in [0.15, 0.2) is 95.3 Å². The third-order valence-corrected chi connectivity index (χ3v) is 11.0. The van der Waals surface area contributed by atoms with Crippen molar-refractivity contribution in [1.82, 2.24) is 49.1 Å². The molecule has 0 saturated carbocycles. The molecule has 320 valence electrons. The molecule has 61 heavy (non-hydrogen) atoms. The monoisotopic (exact) mass is 833 g/mol. The Morgan fingerprint density at radius 1 is 0.705 bits per heavy atom. The van der Waals surface area contributed by atoms with Crippen LogP contribution in [-0.2, 0) is 27.1 Å². The predicted molar refractivity (Wildman–Crippen MR) is 228 cm³/mol. The van der Waals surface area contributed by atoms with Gasteiger partial charge in [0, 0.05) is 64.3 Å². The van der Waals surface area contributed by atoms with Crippen LogP contribution in [0.4, 0.5) is 11.6 Å². The molecule has 6 aromatic rings. The summed E-state index contributed by atoms with van der Waals surface area (Å²) in [7, 11) is 0. The molecule has 10 rings (SSSR count). The zero-order valence-corrected chi connectivity index (χ0v) is 33.4. The highest BCUT2D eigenvalue weighted by Crippen LogP contribution is 2.40. The standard InChI is InChI=1S/C20H22N6O3.C20H20N6O3.C2H6.CH4/c2*27-9-1-2-15-10-25(16-3-5-17(6-4-16)26-8-7-21-23-26)19(28)18(22-15)24-11-20(12-24)13-29-14-20;1-2;/h3-8,10,27H,1-2,9,11-14H2;3-10H,1-2,11-14H2;1-2H3;1H4/i;;1D;. The first-order chi connectivity index (χ1) is 29.8. The zero-order chi connectivity index (χ0) is 42.4. The topological polar surface area (TPSA) is 193 Å². The van der Waals surface area contributed by atoms with Gasteiger partial charge in [-0.25, -0.2) is 19.3 Å².